The molecule has 1 N–H and O–H groups in total. The average molecular weight is 389 g/mol. The predicted molar refractivity (Wildman–Crippen MR) is 111 cm³/mol. The van der Waals surface area contributed by atoms with Crippen LogP contribution in [0.1, 0.15) is 5.56 Å². The lowest BCUT2D eigenvalue weighted by Crippen LogP contribution is -2.20. The topological polar surface area (TPSA) is 84.7 Å². The molecule has 0 spiro atoms. The number of fused-ring (bicyclic) bond motifs is 1. The number of nitro benzene ring substituents is 1. The van der Waals surface area contributed by atoms with Crippen molar-refractivity contribution < 1.29 is 14.5 Å². The number of amides is 1. The van der Waals surface area contributed by atoms with Crippen molar-refractivity contribution in [3.8, 4) is 5.75 Å². The lowest BCUT2D eigenvalue weighted by atomic mass is 10.2. The number of benzene rings is 3. The number of nitro groups is 1. The summed E-state index contributed by atoms with van der Waals surface area (Å²) in [6, 6.07) is 21.9. The molecule has 1 heterocycles. The molecule has 0 radical (unpaired) electrons. The molecule has 29 heavy (non-hydrogen) atoms. The van der Waals surface area contributed by atoms with Gasteiger partial charge in [-0.1, -0.05) is 30.3 Å². The van der Waals surface area contributed by atoms with E-state index in [9.17, 15) is 14.9 Å². The van der Waals surface area contributed by atoms with Crippen molar-refractivity contribution in [3.63, 3.8) is 0 Å². The highest BCUT2D eigenvalue weighted by atomic mass is 16.6. The van der Waals surface area contributed by atoms with Gasteiger partial charge in [-0.15, -0.1) is 0 Å². The summed E-state index contributed by atoms with van der Waals surface area (Å²) in [6.45, 7) is 0.612. The average Bonchev–Trinajstić information content (AvgIpc) is 3.17. The Bertz CT molecular complexity index is 1050. The molecule has 0 aliphatic carbocycles. The zero-order valence-electron chi connectivity index (χ0n) is 15.6. The molecule has 3 aromatic carbocycles. The molecule has 0 saturated carbocycles. The lowest BCUT2D eigenvalue weighted by Gasteiger charge is -2.20. The van der Waals surface area contributed by atoms with Crippen molar-refractivity contribution in [2.45, 2.75) is 6.42 Å². The third-order valence-corrected chi connectivity index (χ3v) is 4.77. The fourth-order valence-corrected chi connectivity index (χ4v) is 3.40. The van der Waals surface area contributed by atoms with Gasteiger partial charge in [0.2, 0.25) is 0 Å². The summed E-state index contributed by atoms with van der Waals surface area (Å²) < 4.78 is 5.31. The van der Waals surface area contributed by atoms with Crippen LogP contribution in [-0.2, 0) is 11.2 Å². The second-order valence-corrected chi connectivity index (χ2v) is 6.64. The highest BCUT2D eigenvalue weighted by molar-refractivity contribution is 5.92. The van der Waals surface area contributed by atoms with Gasteiger partial charge in [-0.25, -0.2) is 0 Å². The zero-order chi connectivity index (χ0) is 20.2. The second-order valence-electron chi connectivity index (χ2n) is 6.64. The molecular weight excluding hydrogens is 370 g/mol. The maximum Gasteiger partial charge on any atom is 0.310 e. The first kappa shape index (κ1) is 18.5. The predicted octanol–water partition coefficient (Wildman–Crippen LogP) is 4.31. The molecule has 0 unspecified atom stereocenters. The fraction of sp³-hybridized carbons (Fsp3) is 0.136. The van der Waals surface area contributed by atoms with Gasteiger partial charge >= 0.3 is 5.69 Å². The fourth-order valence-electron chi connectivity index (χ4n) is 3.40. The van der Waals surface area contributed by atoms with E-state index >= 15 is 0 Å². The van der Waals surface area contributed by atoms with Gasteiger partial charge in [0, 0.05) is 29.7 Å². The molecule has 7 nitrogen and oxygen atoms in total. The minimum Gasteiger partial charge on any atom is -0.477 e. The molecule has 146 valence electrons. The van der Waals surface area contributed by atoms with Crippen LogP contribution in [0.5, 0.6) is 5.75 Å². The number of ether oxygens (including phenoxy) is 1. The first-order valence-corrected chi connectivity index (χ1v) is 9.23. The van der Waals surface area contributed by atoms with Gasteiger partial charge in [-0.2, -0.15) is 0 Å². The summed E-state index contributed by atoms with van der Waals surface area (Å²) in [5.41, 5.74) is 4.07. The van der Waals surface area contributed by atoms with Crippen molar-refractivity contribution >= 4 is 28.7 Å². The molecule has 0 atom stereocenters. The van der Waals surface area contributed by atoms with E-state index in [1.54, 1.807) is 12.1 Å². The third-order valence-electron chi connectivity index (χ3n) is 4.77. The number of hydrogen-bond donors (Lipinski definition) is 1. The molecule has 1 amide bonds. The van der Waals surface area contributed by atoms with Gasteiger partial charge in [0.15, 0.2) is 12.4 Å². The van der Waals surface area contributed by atoms with E-state index in [0.717, 1.165) is 18.7 Å². The largest absolute Gasteiger partial charge is 0.477 e. The van der Waals surface area contributed by atoms with Crippen LogP contribution in [0.4, 0.5) is 22.7 Å². The Hall–Kier alpha value is -3.87. The second kappa shape index (κ2) is 8.02. The number of para-hydroxylation sites is 3. The van der Waals surface area contributed by atoms with E-state index in [2.05, 4.69) is 22.3 Å². The Morgan fingerprint density at radius 2 is 1.76 bits per heavy atom. The number of carbonyl (C=O) groups excluding carboxylic acids is 1. The Labute approximate surface area is 167 Å². The Morgan fingerprint density at radius 3 is 2.55 bits per heavy atom. The minimum absolute atomic E-state index is 0.0655. The van der Waals surface area contributed by atoms with E-state index in [0.29, 0.717) is 5.69 Å². The number of hydrogen-bond acceptors (Lipinski definition) is 5. The summed E-state index contributed by atoms with van der Waals surface area (Å²) in [5, 5.41) is 13.7. The number of carbonyl (C=O) groups is 1. The molecule has 0 fully saturated rings. The molecule has 3 aromatic rings. The lowest BCUT2D eigenvalue weighted by molar-refractivity contribution is -0.385. The molecular formula is C22H19N3O4. The normalized spacial score (nSPS) is 12.3. The van der Waals surface area contributed by atoms with Crippen LogP contribution in [0, 0.1) is 10.1 Å². The van der Waals surface area contributed by atoms with Crippen LogP contribution in [0.2, 0.25) is 0 Å². The standard InChI is InChI=1S/C22H19N3O4/c26-22(15-29-21-8-4-3-7-20(21)25(27)28)23-17-9-11-18(12-10-17)24-14-13-16-5-1-2-6-19(16)24/h1-12H,13-15H2,(H,23,26). The minimum atomic E-state index is -0.539. The van der Waals surface area contributed by atoms with Gasteiger partial charge in [-0.3, -0.25) is 14.9 Å². The number of nitrogens with one attached hydrogen (secondary N) is 1. The van der Waals surface area contributed by atoms with Crippen molar-refractivity contribution in [1.82, 2.24) is 0 Å². The Morgan fingerprint density at radius 1 is 1.03 bits per heavy atom. The molecule has 4 rings (SSSR count). The van der Waals surface area contributed by atoms with E-state index in [1.807, 2.05) is 36.4 Å². The maximum atomic E-state index is 12.2. The van der Waals surface area contributed by atoms with Gasteiger partial charge in [-0.05, 0) is 48.4 Å². The van der Waals surface area contributed by atoms with Gasteiger partial charge in [0.25, 0.3) is 5.91 Å². The number of rotatable bonds is 6. The van der Waals surface area contributed by atoms with Crippen molar-refractivity contribution in [2.75, 3.05) is 23.4 Å². The highest BCUT2D eigenvalue weighted by Crippen LogP contribution is 2.34. The van der Waals surface area contributed by atoms with E-state index < -0.39 is 4.92 Å². The van der Waals surface area contributed by atoms with Gasteiger partial charge in [0.1, 0.15) is 0 Å². The van der Waals surface area contributed by atoms with Crippen molar-refractivity contribution in [2.24, 2.45) is 0 Å². The summed E-state index contributed by atoms with van der Waals surface area (Å²) in [7, 11) is 0. The smallest absolute Gasteiger partial charge is 0.310 e. The van der Waals surface area contributed by atoms with E-state index in [-0.39, 0.29) is 24.0 Å². The first-order valence-electron chi connectivity index (χ1n) is 9.23. The maximum absolute atomic E-state index is 12.2. The van der Waals surface area contributed by atoms with Crippen LogP contribution in [0.3, 0.4) is 0 Å². The Kier molecular flexibility index (Phi) is 5.11. The first-order chi connectivity index (χ1) is 14.1. The third kappa shape index (κ3) is 4.03. The zero-order valence-corrected chi connectivity index (χ0v) is 15.6. The molecule has 7 heteroatoms. The van der Waals surface area contributed by atoms with Crippen LogP contribution in [-0.4, -0.2) is 24.0 Å². The molecule has 0 saturated heterocycles. The Balaban J connectivity index is 1.37. The van der Waals surface area contributed by atoms with Crippen LogP contribution in [0.15, 0.2) is 72.8 Å². The molecule has 0 aromatic heterocycles. The summed E-state index contributed by atoms with van der Waals surface area (Å²) in [5.74, 6) is -0.321. The summed E-state index contributed by atoms with van der Waals surface area (Å²) >= 11 is 0. The number of anilines is 3. The number of nitrogens with zero attached hydrogens (tertiary/aromatic N) is 2. The van der Waals surface area contributed by atoms with Gasteiger partial charge in [0.05, 0.1) is 4.92 Å². The van der Waals surface area contributed by atoms with Crippen LogP contribution >= 0.6 is 0 Å². The summed E-state index contributed by atoms with van der Waals surface area (Å²) in [4.78, 5) is 24.9. The van der Waals surface area contributed by atoms with Crippen LogP contribution < -0.4 is 15.0 Å². The summed E-state index contributed by atoms with van der Waals surface area (Å²) in [6.07, 6.45) is 1.01. The molecule has 1 aliphatic rings. The SMILES string of the molecule is O=C(COc1ccccc1[N+](=O)[O-])Nc1ccc(N2CCc3ccccc32)cc1. The quantitative estimate of drug-likeness (QED) is 0.502. The van der Waals surface area contributed by atoms with Crippen molar-refractivity contribution in [3.05, 3.63) is 88.5 Å². The van der Waals surface area contributed by atoms with E-state index in [4.69, 9.17) is 4.74 Å². The van der Waals surface area contributed by atoms with Crippen molar-refractivity contribution in [1.29, 1.82) is 0 Å². The van der Waals surface area contributed by atoms with Gasteiger partial charge < -0.3 is 15.0 Å². The molecule has 0 bridgehead atoms. The monoisotopic (exact) mass is 389 g/mol. The van der Waals surface area contributed by atoms with E-state index in [1.165, 1.54) is 23.4 Å². The highest BCUT2D eigenvalue weighted by Gasteiger charge is 2.19. The molecule has 1 aliphatic heterocycles. The van der Waals surface area contributed by atoms with Crippen LogP contribution in [0.25, 0.3) is 0 Å².